The fourth-order valence-corrected chi connectivity index (χ4v) is 2.73. The van der Waals surface area contributed by atoms with Crippen molar-refractivity contribution < 1.29 is 14.2 Å². The van der Waals surface area contributed by atoms with Crippen molar-refractivity contribution in [3.05, 3.63) is 61.4 Å². The second kappa shape index (κ2) is 6.19. The molecule has 5 heteroatoms. The minimum absolute atomic E-state index is 0.225. The van der Waals surface area contributed by atoms with E-state index in [0.717, 1.165) is 8.04 Å². The number of halogens is 3. The Balaban J connectivity index is 2.43. The lowest BCUT2D eigenvalue weighted by molar-refractivity contribution is 0.214. The van der Waals surface area contributed by atoms with Gasteiger partial charge in [-0.15, -0.1) is 0 Å². The van der Waals surface area contributed by atoms with Crippen molar-refractivity contribution in [3.8, 4) is 5.75 Å². The minimum atomic E-state index is -1.02. The summed E-state index contributed by atoms with van der Waals surface area (Å²) in [7, 11) is 1.47. The molecule has 0 aliphatic carbocycles. The summed E-state index contributed by atoms with van der Waals surface area (Å²) < 4.78 is 20.6. The molecule has 0 saturated carbocycles. The van der Waals surface area contributed by atoms with E-state index in [2.05, 4.69) is 38.5 Å². The average Bonchev–Trinajstić information content (AvgIpc) is 2.40. The van der Waals surface area contributed by atoms with Gasteiger partial charge in [0.2, 0.25) is 0 Å². The van der Waals surface area contributed by atoms with Crippen molar-refractivity contribution >= 4 is 38.5 Å². The van der Waals surface area contributed by atoms with Gasteiger partial charge in [0.25, 0.3) is 0 Å². The molecule has 1 atom stereocenters. The molecule has 0 spiro atoms. The largest absolute Gasteiger partial charge is 0.497 e. The summed E-state index contributed by atoms with van der Waals surface area (Å²) in [5.74, 6) is -0.0623. The monoisotopic (exact) mass is 436 g/mol. The van der Waals surface area contributed by atoms with E-state index < -0.39 is 11.9 Å². The first-order valence-electron chi connectivity index (χ1n) is 5.49. The Labute approximate surface area is 132 Å². The van der Waals surface area contributed by atoms with E-state index in [4.69, 9.17) is 4.74 Å². The maximum absolute atomic E-state index is 13.9. The Morgan fingerprint density at radius 3 is 2.58 bits per heavy atom. The third kappa shape index (κ3) is 3.27. The molecule has 19 heavy (non-hydrogen) atoms. The van der Waals surface area contributed by atoms with E-state index >= 15 is 0 Å². The van der Waals surface area contributed by atoms with Crippen LogP contribution >= 0.6 is 38.5 Å². The first kappa shape index (κ1) is 14.7. The maximum atomic E-state index is 13.9. The first-order valence-corrected chi connectivity index (χ1v) is 7.36. The van der Waals surface area contributed by atoms with Crippen LogP contribution in [0.5, 0.6) is 5.75 Å². The van der Waals surface area contributed by atoms with E-state index in [9.17, 15) is 9.50 Å². The van der Waals surface area contributed by atoms with Crippen molar-refractivity contribution in [2.75, 3.05) is 7.11 Å². The van der Waals surface area contributed by atoms with Gasteiger partial charge >= 0.3 is 0 Å². The van der Waals surface area contributed by atoms with Crippen molar-refractivity contribution in [3.63, 3.8) is 0 Å². The second-order valence-electron chi connectivity index (χ2n) is 3.96. The Hall–Kier alpha value is -0.660. The Kier molecular flexibility index (Phi) is 4.81. The van der Waals surface area contributed by atoms with Gasteiger partial charge in [-0.05, 0) is 52.9 Å². The molecule has 0 fully saturated rings. The maximum Gasteiger partial charge on any atom is 0.133 e. The number of benzene rings is 2. The third-order valence-electron chi connectivity index (χ3n) is 2.75. The van der Waals surface area contributed by atoms with Crippen LogP contribution in [0.3, 0.4) is 0 Å². The van der Waals surface area contributed by atoms with Crippen LogP contribution in [0.2, 0.25) is 0 Å². The van der Waals surface area contributed by atoms with E-state index in [-0.39, 0.29) is 5.56 Å². The SMILES string of the molecule is COc1ccc(C(O)c2cc(I)ccc2Br)c(F)c1. The first-order chi connectivity index (χ1) is 9.02. The van der Waals surface area contributed by atoms with Crippen LogP contribution in [0, 0.1) is 9.39 Å². The second-order valence-corrected chi connectivity index (χ2v) is 6.06. The summed E-state index contributed by atoms with van der Waals surface area (Å²) in [6, 6.07) is 9.99. The van der Waals surface area contributed by atoms with Crippen molar-refractivity contribution in [1.82, 2.24) is 0 Å². The number of ether oxygens (including phenoxy) is 1. The van der Waals surface area contributed by atoms with Crippen molar-refractivity contribution in [2.45, 2.75) is 6.10 Å². The molecule has 100 valence electrons. The molecule has 1 N–H and O–H groups in total. The minimum Gasteiger partial charge on any atom is -0.497 e. The van der Waals surface area contributed by atoms with E-state index in [1.165, 1.54) is 19.2 Å². The molecule has 0 radical (unpaired) electrons. The smallest absolute Gasteiger partial charge is 0.133 e. The van der Waals surface area contributed by atoms with Gasteiger partial charge in [-0.2, -0.15) is 0 Å². The zero-order valence-electron chi connectivity index (χ0n) is 10.0. The molecule has 0 saturated heterocycles. The van der Waals surface area contributed by atoms with Gasteiger partial charge in [-0.3, -0.25) is 0 Å². The van der Waals surface area contributed by atoms with Gasteiger partial charge in [0.1, 0.15) is 17.7 Å². The zero-order valence-corrected chi connectivity index (χ0v) is 13.8. The van der Waals surface area contributed by atoms with Gasteiger partial charge in [-0.25, -0.2) is 4.39 Å². The van der Waals surface area contributed by atoms with Crippen LogP contribution in [0.25, 0.3) is 0 Å². The van der Waals surface area contributed by atoms with Crippen LogP contribution in [0.15, 0.2) is 40.9 Å². The molecule has 2 nitrogen and oxygen atoms in total. The lowest BCUT2D eigenvalue weighted by Crippen LogP contribution is -2.04. The molecule has 2 aromatic rings. The van der Waals surface area contributed by atoms with Gasteiger partial charge < -0.3 is 9.84 Å². The van der Waals surface area contributed by atoms with Crippen LogP contribution in [-0.4, -0.2) is 12.2 Å². The van der Waals surface area contributed by atoms with Crippen LogP contribution < -0.4 is 4.74 Å². The Morgan fingerprint density at radius 2 is 1.95 bits per heavy atom. The number of hydrogen-bond acceptors (Lipinski definition) is 2. The Bertz CT molecular complexity index is 604. The predicted molar refractivity (Wildman–Crippen MR) is 83.9 cm³/mol. The van der Waals surface area contributed by atoms with Crippen molar-refractivity contribution in [1.29, 1.82) is 0 Å². The van der Waals surface area contributed by atoms with Gasteiger partial charge in [0.15, 0.2) is 0 Å². The molecule has 0 aliphatic rings. The highest BCUT2D eigenvalue weighted by Crippen LogP contribution is 2.32. The number of hydrogen-bond donors (Lipinski definition) is 1. The molecule has 0 bridgehead atoms. The lowest BCUT2D eigenvalue weighted by Gasteiger charge is -2.15. The van der Waals surface area contributed by atoms with Gasteiger partial charge in [0, 0.05) is 25.2 Å². The molecular weight excluding hydrogens is 426 g/mol. The number of aliphatic hydroxyl groups excluding tert-OH is 1. The van der Waals surface area contributed by atoms with Crippen molar-refractivity contribution in [2.24, 2.45) is 0 Å². The fraction of sp³-hybridized carbons (Fsp3) is 0.143. The normalized spacial score (nSPS) is 12.3. The topological polar surface area (TPSA) is 29.5 Å². The van der Waals surface area contributed by atoms with Crippen LogP contribution in [-0.2, 0) is 0 Å². The number of aliphatic hydroxyl groups is 1. The molecule has 0 aliphatic heterocycles. The zero-order chi connectivity index (χ0) is 14.0. The average molecular weight is 437 g/mol. The predicted octanol–water partition coefficient (Wildman–Crippen LogP) is 4.28. The summed E-state index contributed by atoms with van der Waals surface area (Å²) >= 11 is 5.52. The summed E-state index contributed by atoms with van der Waals surface area (Å²) in [5, 5.41) is 10.3. The van der Waals surface area contributed by atoms with Crippen LogP contribution in [0.4, 0.5) is 4.39 Å². The summed E-state index contributed by atoms with van der Waals surface area (Å²) in [6.07, 6.45) is -1.02. The molecule has 0 heterocycles. The molecular formula is C14H11BrFIO2. The van der Waals surface area contributed by atoms with Gasteiger partial charge in [0.05, 0.1) is 7.11 Å². The summed E-state index contributed by atoms with van der Waals surface area (Å²) in [6.45, 7) is 0. The molecule has 2 aromatic carbocycles. The number of methoxy groups -OCH3 is 1. The molecule has 1 unspecified atom stereocenters. The summed E-state index contributed by atoms with van der Waals surface area (Å²) in [4.78, 5) is 0. The lowest BCUT2D eigenvalue weighted by atomic mass is 10.0. The molecule has 2 rings (SSSR count). The highest BCUT2D eigenvalue weighted by molar-refractivity contribution is 14.1. The van der Waals surface area contributed by atoms with Crippen LogP contribution in [0.1, 0.15) is 17.2 Å². The highest BCUT2D eigenvalue weighted by Gasteiger charge is 2.18. The van der Waals surface area contributed by atoms with E-state index in [0.29, 0.717) is 11.3 Å². The Morgan fingerprint density at radius 1 is 1.21 bits per heavy atom. The third-order valence-corrected chi connectivity index (χ3v) is 4.15. The molecule has 0 aromatic heterocycles. The fourth-order valence-electron chi connectivity index (χ4n) is 1.75. The molecule has 0 amide bonds. The standard InChI is InChI=1S/C14H11BrFIO2/c1-19-9-3-4-10(13(16)7-9)14(18)11-6-8(17)2-5-12(11)15/h2-7,14,18H,1H3. The quantitative estimate of drug-likeness (QED) is 0.727. The number of rotatable bonds is 3. The van der Waals surface area contributed by atoms with E-state index in [1.807, 2.05) is 18.2 Å². The summed E-state index contributed by atoms with van der Waals surface area (Å²) in [5.41, 5.74) is 0.861. The highest BCUT2D eigenvalue weighted by atomic mass is 127. The van der Waals surface area contributed by atoms with E-state index in [1.54, 1.807) is 6.07 Å². The van der Waals surface area contributed by atoms with Gasteiger partial charge in [-0.1, -0.05) is 15.9 Å².